The summed E-state index contributed by atoms with van der Waals surface area (Å²) in [6.45, 7) is -9.59. The van der Waals surface area contributed by atoms with Crippen LogP contribution in [0.15, 0.2) is 24.3 Å². The van der Waals surface area contributed by atoms with Crippen molar-refractivity contribution in [3.05, 3.63) is 34.9 Å². The van der Waals surface area contributed by atoms with E-state index in [9.17, 15) is 5.11 Å². The van der Waals surface area contributed by atoms with E-state index in [1.54, 1.807) is 0 Å². The first kappa shape index (κ1) is 4.97. The lowest BCUT2D eigenvalue weighted by Crippen LogP contribution is -2.44. The average molecular weight is 252 g/mol. The molecule has 0 heterocycles. The summed E-state index contributed by atoms with van der Waals surface area (Å²) in [5, 5.41) is 12.6. The minimum absolute atomic E-state index is 0.0954. The highest BCUT2D eigenvalue weighted by atomic mass is 35.5. The lowest BCUT2D eigenvalue weighted by Gasteiger charge is -2.29. The standard InChI is InChI=1S/C13H20ClNO/c1-9(15-13(2,3)4)12(16)10-6-5-7-11(14)8-10/h5-9,12,15-16H,1-4H3/i2D3,3D3,4D3,9D. The second kappa shape index (κ2) is 5.17. The fraction of sp³-hybridized carbons (Fsp3) is 0.538. The third-order valence-corrected chi connectivity index (χ3v) is 2.19. The van der Waals surface area contributed by atoms with Crippen molar-refractivity contribution in [2.24, 2.45) is 0 Å². The van der Waals surface area contributed by atoms with Gasteiger partial charge in [0.1, 0.15) is 0 Å². The van der Waals surface area contributed by atoms with Crippen LogP contribution in [0.5, 0.6) is 0 Å². The molecule has 0 aliphatic rings. The molecule has 0 aromatic heterocycles. The number of nitrogens with one attached hydrogen (secondary N) is 1. The van der Waals surface area contributed by atoms with Crippen molar-refractivity contribution in [2.45, 2.75) is 45.1 Å². The molecule has 0 spiro atoms. The van der Waals surface area contributed by atoms with E-state index in [2.05, 4.69) is 0 Å². The van der Waals surface area contributed by atoms with E-state index in [0.29, 0.717) is 0 Å². The molecule has 0 aliphatic heterocycles. The Labute approximate surface area is 117 Å². The molecule has 2 nitrogen and oxygen atoms in total. The first-order chi connectivity index (χ1) is 11.4. The normalized spacial score (nSPS) is 29.4. The summed E-state index contributed by atoms with van der Waals surface area (Å²) in [6, 6.07) is 3.31. The highest BCUT2D eigenvalue weighted by molar-refractivity contribution is 6.30. The first-order valence-electron chi connectivity index (χ1n) is 9.60. The Morgan fingerprint density at radius 1 is 1.50 bits per heavy atom. The van der Waals surface area contributed by atoms with Crippen molar-refractivity contribution in [1.82, 2.24) is 5.32 Å². The summed E-state index contributed by atoms with van der Waals surface area (Å²) in [5.41, 5.74) is -3.33. The van der Waals surface area contributed by atoms with Gasteiger partial charge in [-0.25, -0.2) is 0 Å². The van der Waals surface area contributed by atoms with Crippen LogP contribution >= 0.6 is 11.6 Å². The van der Waals surface area contributed by atoms with Gasteiger partial charge in [-0.2, -0.15) is 0 Å². The number of rotatable bonds is 3. The summed E-state index contributed by atoms with van der Waals surface area (Å²) in [6.07, 6.45) is -1.76. The number of benzene rings is 1. The second-order valence-electron chi connectivity index (χ2n) is 3.52. The molecule has 90 valence electrons. The van der Waals surface area contributed by atoms with Gasteiger partial charge in [-0.1, -0.05) is 23.7 Å². The Balaban J connectivity index is 3.51. The lowest BCUT2D eigenvalue weighted by atomic mass is 10.00. The maximum Gasteiger partial charge on any atom is 0.0940 e. The molecular formula is C13H20ClNO. The van der Waals surface area contributed by atoms with E-state index in [4.69, 9.17) is 25.3 Å². The van der Waals surface area contributed by atoms with Gasteiger partial charge in [0.25, 0.3) is 0 Å². The number of hydrogen-bond acceptors (Lipinski definition) is 2. The predicted molar refractivity (Wildman–Crippen MR) is 68.8 cm³/mol. The minimum Gasteiger partial charge on any atom is -0.387 e. The van der Waals surface area contributed by atoms with Gasteiger partial charge in [-0.15, -0.1) is 0 Å². The van der Waals surface area contributed by atoms with Crippen molar-refractivity contribution in [3.8, 4) is 0 Å². The van der Waals surface area contributed by atoms with Crippen molar-refractivity contribution >= 4 is 11.6 Å². The van der Waals surface area contributed by atoms with E-state index in [-0.39, 0.29) is 10.6 Å². The van der Waals surface area contributed by atoms with Crippen LogP contribution in [0.4, 0.5) is 0 Å². The predicted octanol–water partition coefficient (Wildman–Crippen LogP) is 3.15. The maximum absolute atomic E-state index is 10.5. The lowest BCUT2D eigenvalue weighted by molar-refractivity contribution is 0.121. The van der Waals surface area contributed by atoms with Gasteiger partial charge in [0.05, 0.1) is 6.10 Å². The van der Waals surface area contributed by atoms with Crippen molar-refractivity contribution in [2.75, 3.05) is 0 Å². The monoisotopic (exact) mass is 251 g/mol. The fourth-order valence-electron chi connectivity index (χ4n) is 1.29. The number of halogens is 1. The van der Waals surface area contributed by atoms with Crippen LogP contribution in [0.3, 0.4) is 0 Å². The minimum atomic E-state index is -3.53. The quantitative estimate of drug-likeness (QED) is 0.865. The molecule has 0 aliphatic carbocycles. The van der Waals surface area contributed by atoms with Gasteiger partial charge in [0.2, 0.25) is 0 Å². The molecule has 2 atom stereocenters. The molecule has 0 fully saturated rings. The molecule has 1 aromatic carbocycles. The molecule has 1 aromatic rings. The van der Waals surface area contributed by atoms with Crippen LogP contribution in [0.1, 0.15) is 52.9 Å². The fourth-order valence-corrected chi connectivity index (χ4v) is 1.49. The molecule has 2 unspecified atom stereocenters. The van der Waals surface area contributed by atoms with E-state index < -0.39 is 38.2 Å². The Morgan fingerprint density at radius 3 is 2.75 bits per heavy atom. The summed E-state index contributed by atoms with van der Waals surface area (Å²) in [4.78, 5) is 0. The molecule has 0 saturated heterocycles. The first-order valence-corrected chi connectivity index (χ1v) is 4.97. The largest absolute Gasteiger partial charge is 0.387 e. The zero-order valence-corrected chi connectivity index (χ0v) is 9.47. The average Bonchev–Trinajstić information content (AvgIpc) is 2.40. The van der Waals surface area contributed by atoms with Gasteiger partial charge in [-0.3, -0.25) is 0 Å². The molecule has 3 heteroatoms. The second-order valence-corrected chi connectivity index (χ2v) is 3.95. The molecule has 0 saturated carbocycles. The molecule has 2 N–H and O–H groups in total. The SMILES string of the molecule is [2H]C(C)(NC(C([2H])([2H])[2H])(C([2H])([2H])[2H])C([2H])([2H])[2H])C(O)c1cccc(Cl)c1. The Morgan fingerprint density at radius 2 is 2.19 bits per heavy atom. The van der Waals surface area contributed by atoms with Gasteiger partial charge in [0.15, 0.2) is 0 Å². The van der Waals surface area contributed by atoms with Crippen LogP contribution in [0.2, 0.25) is 5.02 Å². The highest BCUT2D eigenvalue weighted by Gasteiger charge is 2.21. The number of aliphatic hydroxyl groups excluding tert-OH is 1. The Hall–Kier alpha value is -0.570. The van der Waals surface area contributed by atoms with E-state index in [1.807, 2.05) is 5.32 Å². The van der Waals surface area contributed by atoms with E-state index >= 15 is 0 Å². The van der Waals surface area contributed by atoms with Crippen LogP contribution in [0.25, 0.3) is 0 Å². The van der Waals surface area contributed by atoms with E-state index in [0.717, 1.165) is 6.92 Å². The maximum atomic E-state index is 10.5. The summed E-state index contributed by atoms with van der Waals surface area (Å²) >= 11 is 5.83. The zero-order chi connectivity index (χ0) is 20.8. The third-order valence-electron chi connectivity index (χ3n) is 1.96. The van der Waals surface area contributed by atoms with Crippen LogP contribution < -0.4 is 5.32 Å². The summed E-state index contributed by atoms with van der Waals surface area (Å²) < 4.78 is 76.4. The molecule has 16 heavy (non-hydrogen) atoms. The van der Waals surface area contributed by atoms with Gasteiger partial charge < -0.3 is 10.4 Å². The van der Waals surface area contributed by atoms with Crippen molar-refractivity contribution in [3.63, 3.8) is 0 Å². The summed E-state index contributed by atoms with van der Waals surface area (Å²) in [5.74, 6) is 0. The number of aliphatic hydroxyl groups is 1. The third kappa shape index (κ3) is 4.12. The molecular weight excluding hydrogens is 222 g/mol. The molecule has 0 radical (unpaired) electrons. The number of hydrogen-bond donors (Lipinski definition) is 2. The van der Waals surface area contributed by atoms with Crippen molar-refractivity contribution < 1.29 is 18.8 Å². The smallest absolute Gasteiger partial charge is 0.0940 e. The van der Waals surface area contributed by atoms with E-state index in [1.165, 1.54) is 24.3 Å². The van der Waals surface area contributed by atoms with Crippen LogP contribution in [-0.4, -0.2) is 16.7 Å². The zero-order valence-electron chi connectivity index (χ0n) is 18.7. The summed E-state index contributed by atoms with van der Waals surface area (Å²) in [7, 11) is 0. The van der Waals surface area contributed by atoms with Gasteiger partial charge >= 0.3 is 0 Å². The molecule has 0 amide bonds. The van der Waals surface area contributed by atoms with Gasteiger partial charge in [-0.05, 0) is 45.2 Å². The Bertz CT molecular complexity index is 601. The topological polar surface area (TPSA) is 32.3 Å². The Kier molecular flexibility index (Phi) is 1.61. The molecule has 0 bridgehead atoms. The van der Waals surface area contributed by atoms with Gasteiger partial charge in [0, 0.05) is 30.3 Å². The van der Waals surface area contributed by atoms with Crippen LogP contribution in [-0.2, 0) is 0 Å². The molecule has 1 rings (SSSR count). The van der Waals surface area contributed by atoms with Crippen molar-refractivity contribution in [1.29, 1.82) is 0 Å². The highest BCUT2D eigenvalue weighted by Crippen LogP contribution is 2.21. The van der Waals surface area contributed by atoms with Crippen LogP contribution in [0, 0.1) is 0 Å².